The van der Waals surface area contributed by atoms with E-state index < -0.39 is 0 Å². The van der Waals surface area contributed by atoms with Crippen molar-refractivity contribution >= 4 is 0 Å². The highest BCUT2D eigenvalue weighted by Gasteiger charge is 2.17. The Morgan fingerprint density at radius 1 is 1.35 bits per heavy atom. The first kappa shape index (κ1) is 12.6. The molecule has 1 aromatic rings. The molecule has 1 aromatic carbocycles. The summed E-state index contributed by atoms with van der Waals surface area (Å²) in [6, 6.07) is 9.97. The second-order valence-electron chi connectivity index (χ2n) is 5.26. The number of likely N-dealkylation sites (tertiary alicyclic amines) is 1. The molecular formula is C15H23NO. The molecule has 1 heterocycles. The molecule has 0 saturated carbocycles. The van der Waals surface area contributed by atoms with E-state index in [1.54, 1.807) is 0 Å². The molecule has 0 aliphatic carbocycles. The van der Waals surface area contributed by atoms with Crippen LogP contribution in [-0.2, 0) is 0 Å². The number of aliphatic hydroxyl groups excluding tert-OH is 1. The Balaban J connectivity index is 1.78. The number of hydrogen-bond acceptors (Lipinski definition) is 2. The van der Waals surface area contributed by atoms with Crippen LogP contribution in [0.3, 0.4) is 0 Å². The summed E-state index contributed by atoms with van der Waals surface area (Å²) in [5.41, 5.74) is 1.04. The van der Waals surface area contributed by atoms with E-state index in [2.05, 4.69) is 11.8 Å². The predicted molar refractivity (Wildman–Crippen MR) is 70.9 cm³/mol. The second-order valence-corrected chi connectivity index (χ2v) is 5.26. The molecule has 94 valence electrons. The van der Waals surface area contributed by atoms with Crippen molar-refractivity contribution in [3.05, 3.63) is 35.9 Å². The van der Waals surface area contributed by atoms with Gasteiger partial charge in [0.25, 0.3) is 0 Å². The third-order valence-corrected chi connectivity index (χ3v) is 3.64. The summed E-state index contributed by atoms with van der Waals surface area (Å²) in [6.45, 7) is 5.73. The Hall–Kier alpha value is -0.860. The Kier molecular flexibility index (Phi) is 4.57. The normalized spacial score (nSPS) is 23.5. The van der Waals surface area contributed by atoms with Crippen molar-refractivity contribution in [1.29, 1.82) is 0 Å². The predicted octanol–water partition coefficient (Wildman–Crippen LogP) is 2.84. The summed E-state index contributed by atoms with van der Waals surface area (Å²) < 4.78 is 0. The molecule has 1 fully saturated rings. The first-order valence-corrected chi connectivity index (χ1v) is 6.71. The molecule has 17 heavy (non-hydrogen) atoms. The minimum absolute atomic E-state index is 0.312. The lowest BCUT2D eigenvalue weighted by atomic mass is 9.99. The Morgan fingerprint density at radius 2 is 2.12 bits per heavy atom. The molecule has 0 aromatic heterocycles. The third-order valence-electron chi connectivity index (χ3n) is 3.64. The van der Waals surface area contributed by atoms with Crippen molar-refractivity contribution in [3.63, 3.8) is 0 Å². The van der Waals surface area contributed by atoms with Gasteiger partial charge in [-0.05, 0) is 37.3 Å². The molecule has 0 unspecified atom stereocenters. The minimum atomic E-state index is -0.312. The maximum Gasteiger partial charge on any atom is 0.0802 e. The Bertz CT molecular complexity index is 325. The number of rotatable bonds is 4. The Morgan fingerprint density at radius 3 is 2.82 bits per heavy atom. The molecule has 0 radical (unpaired) electrons. The molecular weight excluding hydrogens is 210 g/mol. The summed E-state index contributed by atoms with van der Waals surface area (Å²) in [4.78, 5) is 2.49. The van der Waals surface area contributed by atoms with Crippen LogP contribution in [0.5, 0.6) is 0 Å². The first-order valence-electron chi connectivity index (χ1n) is 6.71. The van der Waals surface area contributed by atoms with Gasteiger partial charge in [-0.15, -0.1) is 0 Å². The van der Waals surface area contributed by atoms with E-state index in [1.807, 2.05) is 30.3 Å². The van der Waals surface area contributed by atoms with Crippen LogP contribution < -0.4 is 0 Å². The van der Waals surface area contributed by atoms with E-state index >= 15 is 0 Å². The fourth-order valence-corrected chi connectivity index (χ4v) is 2.64. The van der Waals surface area contributed by atoms with Gasteiger partial charge in [-0.25, -0.2) is 0 Å². The minimum Gasteiger partial charge on any atom is -0.388 e. The molecule has 1 aliphatic rings. The summed E-state index contributed by atoms with van der Waals surface area (Å²) in [5.74, 6) is 0.817. The van der Waals surface area contributed by atoms with E-state index in [4.69, 9.17) is 0 Å². The lowest BCUT2D eigenvalue weighted by Crippen LogP contribution is -2.35. The van der Waals surface area contributed by atoms with E-state index in [0.717, 1.165) is 24.4 Å². The fourth-order valence-electron chi connectivity index (χ4n) is 2.64. The van der Waals surface area contributed by atoms with Gasteiger partial charge in [0.05, 0.1) is 6.10 Å². The van der Waals surface area contributed by atoms with Crippen LogP contribution in [0, 0.1) is 5.92 Å². The van der Waals surface area contributed by atoms with Crippen molar-refractivity contribution in [3.8, 4) is 0 Å². The van der Waals surface area contributed by atoms with Crippen molar-refractivity contribution < 1.29 is 5.11 Å². The van der Waals surface area contributed by atoms with Gasteiger partial charge in [-0.1, -0.05) is 37.3 Å². The van der Waals surface area contributed by atoms with Crippen LogP contribution in [0.4, 0.5) is 0 Å². The zero-order valence-corrected chi connectivity index (χ0v) is 10.7. The summed E-state index contributed by atoms with van der Waals surface area (Å²) >= 11 is 0. The lowest BCUT2D eigenvalue weighted by Gasteiger charge is -2.31. The largest absolute Gasteiger partial charge is 0.388 e. The van der Waals surface area contributed by atoms with Gasteiger partial charge in [0.2, 0.25) is 0 Å². The van der Waals surface area contributed by atoms with Gasteiger partial charge in [0.1, 0.15) is 0 Å². The van der Waals surface area contributed by atoms with Crippen molar-refractivity contribution in [2.45, 2.75) is 32.3 Å². The number of aliphatic hydroxyl groups is 1. The monoisotopic (exact) mass is 233 g/mol. The lowest BCUT2D eigenvalue weighted by molar-refractivity contribution is 0.122. The summed E-state index contributed by atoms with van der Waals surface area (Å²) in [7, 11) is 0. The molecule has 2 rings (SSSR count). The molecule has 1 aliphatic heterocycles. The molecule has 0 bridgehead atoms. The van der Waals surface area contributed by atoms with Gasteiger partial charge in [-0.3, -0.25) is 0 Å². The highest BCUT2D eigenvalue weighted by atomic mass is 16.3. The quantitative estimate of drug-likeness (QED) is 0.864. The maximum absolute atomic E-state index is 10.1. The standard InChI is InChI=1S/C15H23NO/c1-13-6-5-10-16(12-13)11-9-15(17)14-7-3-2-4-8-14/h2-4,7-8,13,15,17H,5-6,9-12H2,1H3/t13-,15+/m1/s1. The van der Waals surface area contributed by atoms with Gasteiger partial charge >= 0.3 is 0 Å². The highest BCUT2D eigenvalue weighted by Crippen LogP contribution is 2.19. The van der Waals surface area contributed by atoms with E-state index in [0.29, 0.717) is 0 Å². The van der Waals surface area contributed by atoms with Crippen molar-refractivity contribution in [2.75, 3.05) is 19.6 Å². The first-order chi connectivity index (χ1) is 8.25. The van der Waals surface area contributed by atoms with E-state index in [-0.39, 0.29) is 6.10 Å². The third kappa shape index (κ3) is 3.83. The number of benzene rings is 1. The van der Waals surface area contributed by atoms with Crippen LogP contribution in [0.2, 0.25) is 0 Å². The van der Waals surface area contributed by atoms with Gasteiger partial charge in [0.15, 0.2) is 0 Å². The molecule has 2 atom stereocenters. The zero-order valence-electron chi connectivity index (χ0n) is 10.7. The Labute approximate surface area is 104 Å². The highest BCUT2D eigenvalue weighted by molar-refractivity contribution is 5.17. The van der Waals surface area contributed by atoms with E-state index in [1.165, 1.54) is 25.9 Å². The van der Waals surface area contributed by atoms with Crippen LogP contribution in [-0.4, -0.2) is 29.6 Å². The SMILES string of the molecule is C[C@@H]1CCCN(CC[C@H](O)c2ccccc2)C1. The van der Waals surface area contributed by atoms with Crippen molar-refractivity contribution in [1.82, 2.24) is 4.90 Å². The molecule has 2 nitrogen and oxygen atoms in total. The molecule has 0 spiro atoms. The van der Waals surface area contributed by atoms with Crippen molar-refractivity contribution in [2.24, 2.45) is 5.92 Å². The maximum atomic E-state index is 10.1. The smallest absolute Gasteiger partial charge is 0.0802 e. The number of nitrogens with zero attached hydrogens (tertiary/aromatic N) is 1. The van der Waals surface area contributed by atoms with Crippen LogP contribution in [0.1, 0.15) is 37.9 Å². The fraction of sp³-hybridized carbons (Fsp3) is 0.600. The average molecular weight is 233 g/mol. The van der Waals surface area contributed by atoms with Crippen LogP contribution in [0.25, 0.3) is 0 Å². The molecule has 1 saturated heterocycles. The average Bonchev–Trinajstić information content (AvgIpc) is 2.37. The number of hydrogen-bond donors (Lipinski definition) is 1. The van der Waals surface area contributed by atoms with E-state index in [9.17, 15) is 5.11 Å². The van der Waals surface area contributed by atoms with Gasteiger partial charge in [0, 0.05) is 13.1 Å². The van der Waals surface area contributed by atoms with Crippen LogP contribution >= 0.6 is 0 Å². The number of piperidine rings is 1. The summed E-state index contributed by atoms with van der Waals surface area (Å²) in [6.07, 6.45) is 3.20. The van der Waals surface area contributed by atoms with Gasteiger partial charge in [-0.2, -0.15) is 0 Å². The van der Waals surface area contributed by atoms with Gasteiger partial charge < -0.3 is 10.0 Å². The molecule has 0 amide bonds. The molecule has 2 heteroatoms. The zero-order chi connectivity index (χ0) is 12.1. The molecule has 1 N–H and O–H groups in total. The topological polar surface area (TPSA) is 23.5 Å². The van der Waals surface area contributed by atoms with Crippen LogP contribution in [0.15, 0.2) is 30.3 Å². The summed E-state index contributed by atoms with van der Waals surface area (Å²) in [5, 5.41) is 10.1. The second kappa shape index (κ2) is 6.18.